The molecule has 2 rings (SSSR count). The first-order valence-electron chi connectivity index (χ1n) is 7.37. The molecule has 0 saturated carbocycles. The number of halogens is 1. The smallest absolute Gasteiger partial charge is 0.120 e. The van der Waals surface area contributed by atoms with Crippen molar-refractivity contribution in [3.8, 4) is 5.75 Å². The Labute approximate surface area is 132 Å². The summed E-state index contributed by atoms with van der Waals surface area (Å²) in [6.07, 6.45) is 1.13. The van der Waals surface area contributed by atoms with Crippen molar-refractivity contribution in [1.29, 1.82) is 0 Å². The third-order valence-electron chi connectivity index (χ3n) is 3.46. The molecule has 0 aliphatic heterocycles. The maximum atomic E-state index is 5.97. The Balaban J connectivity index is 1.91. The molecule has 112 valence electrons. The van der Waals surface area contributed by atoms with E-state index in [2.05, 4.69) is 31.3 Å². The van der Waals surface area contributed by atoms with Gasteiger partial charge in [-0.1, -0.05) is 42.8 Å². The summed E-state index contributed by atoms with van der Waals surface area (Å²) in [5.41, 5.74) is 2.31. The lowest BCUT2D eigenvalue weighted by atomic mass is 10.2. The molecule has 0 aliphatic rings. The van der Waals surface area contributed by atoms with E-state index in [0.717, 1.165) is 29.3 Å². The van der Waals surface area contributed by atoms with Gasteiger partial charge in [-0.15, -0.1) is 0 Å². The highest BCUT2D eigenvalue weighted by molar-refractivity contribution is 6.30. The van der Waals surface area contributed by atoms with Gasteiger partial charge in [0.05, 0.1) is 0 Å². The molecule has 0 amide bonds. The zero-order valence-electron chi connectivity index (χ0n) is 12.6. The fourth-order valence-corrected chi connectivity index (χ4v) is 2.19. The van der Waals surface area contributed by atoms with Gasteiger partial charge in [0, 0.05) is 17.6 Å². The molecule has 0 saturated heterocycles. The van der Waals surface area contributed by atoms with Gasteiger partial charge in [-0.3, -0.25) is 0 Å². The molecule has 0 heterocycles. The minimum atomic E-state index is 0.529. The Morgan fingerprint density at radius 3 is 2.62 bits per heavy atom. The molecule has 21 heavy (non-hydrogen) atoms. The fourth-order valence-electron chi connectivity index (χ4n) is 1.98. The van der Waals surface area contributed by atoms with Crippen LogP contribution in [0, 0.1) is 0 Å². The molecule has 0 bridgehead atoms. The predicted molar refractivity (Wildman–Crippen MR) is 88.8 cm³/mol. The zero-order chi connectivity index (χ0) is 15.1. The van der Waals surface area contributed by atoms with Gasteiger partial charge < -0.3 is 10.1 Å². The molecule has 2 aromatic rings. The highest BCUT2D eigenvalue weighted by Crippen LogP contribution is 2.17. The highest BCUT2D eigenvalue weighted by Gasteiger charge is 2.01. The summed E-state index contributed by atoms with van der Waals surface area (Å²) in [5, 5.41) is 4.22. The van der Waals surface area contributed by atoms with Crippen LogP contribution in [0.2, 0.25) is 5.02 Å². The molecule has 1 atom stereocenters. The van der Waals surface area contributed by atoms with Crippen molar-refractivity contribution in [2.45, 2.75) is 39.5 Å². The van der Waals surface area contributed by atoms with Crippen molar-refractivity contribution >= 4 is 11.6 Å². The summed E-state index contributed by atoms with van der Waals surface area (Å²) >= 11 is 5.97. The molecular weight excluding hydrogens is 282 g/mol. The Morgan fingerprint density at radius 1 is 1.10 bits per heavy atom. The van der Waals surface area contributed by atoms with E-state index in [0.29, 0.717) is 12.6 Å². The Kier molecular flexibility index (Phi) is 6.09. The Hall–Kier alpha value is -1.51. The first-order chi connectivity index (χ1) is 10.2. The minimum Gasteiger partial charge on any atom is -0.489 e. The maximum Gasteiger partial charge on any atom is 0.120 e. The largest absolute Gasteiger partial charge is 0.489 e. The van der Waals surface area contributed by atoms with Crippen LogP contribution in [0.25, 0.3) is 0 Å². The van der Waals surface area contributed by atoms with Gasteiger partial charge >= 0.3 is 0 Å². The van der Waals surface area contributed by atoms with Gasteiger partial charge in [-0.25, -0.2) is 0 Å². The van der Waals surface area contributed by atoms with Crippen LogP contribution >= 0.6 is 11.6 Å². The van der Waals surface area contributed by atoms with E-state index in [9.17, 15) is 0 Å². The third kappa shape index (κ3) is 5.41. The van der Waals surface area contributed by atoms with Gasteiger partial charge in [0.1, 0.15) is 12.4 Å². The van der Waals surface area contributed by atoms with E-state index in [1.165, 1.54) is 5.56 Å². The summed E-state index contributed by atoms with van der Waals surface area (Å²) < 4.78 is 5.83. The number of ether oxygens (including phenoxy) is 1. The first kappa shape index (κ1) is 15.9. The van der Waals surface area contributed by atoms with E-state index in [1.54, 1.807) is 0 Å². The Morgan fingerprint density at radius 2 is 1.86 bits per heavy atom. The number of benzene rings is 2. The van der Waals surface area contributed by atoms with Crippen molar-refractivity contribution in [3.05, 3.63) is 64.7 Å². The second kappa shape index (κ2) is 8.06. The van der Waals surface area contributed by atoms with Gasteiger partial charge in [0.15, 0.2) is 0 Å². The third-order valence-corrected chi connectivity index (χ3v) is 3.70. The van der Waals surface area contributed by atoms with E-state index in [-0.39, 0.29) is 0 Å². The van der Waals surface area contributed by atoms with Crippen LogP contribution < -0.4 is 10.1 Å². The molecular formula is C18H22ClNO. The molecule has 0 fully saturated rings. The van der Waals surface area contributed by atoms with E-state index < -0.39 is 0 Å². The fraction of sp³-hybridized carbons (Fsp3) is 0.333. The van der Waals surface area contributed by atoms with Crippen molar-refractivity contribution in [2.24, 2.45) is 0 Å². The standard InChI is InChI=1S/C18H22ClNO/c1-3-14(2)20-12-15-6-5-9-18(11-15)21-13-16-7-4-8-17(19)10-16/h4-11,14,20H,3,12-13H2,1-2H3. The SMILES string of the molecule is CCC(C)NCc1cccc(OCc2cccc(Cl)c2)c1. The van der Waals surface area contributed by atoms with Crippen LogP contribution in [0.15, 0.2) is 48.5 Å². The lowest BCUT2D eigenvalue weighted by Crippen LogP contribution is -2.24. The van der Waals surface area contributed by atoms with Crippen LogP contribution in [-0.2, 0) is 13.2 Å². The summed E-state index contributed by atoms with van der Waals surface area (Å²) in [6, 6.07) is 16.5. The molecule has 1 N–H and O–H groups in total. The predicted octanol–water partition coefficient (Wildman–Crippen LogP) is 4.81. The summed E-state index contributed by atoms with van der Waals surface area (Å²) in [7, 11) is 0. The molecule has 3 heteroatoms. The van der Waals surface area contributed by atoms with E-state index in [1.807, 2.05) is 36.4 Å². The van der Waals surface area contributed by atoms with E-state index in [4.69, 9.17) is 16.3 Å². The molecule has 2 aromatic carbocycles. The second-order valence-electron chi connectivity index (χ2n) is 5.26. The number of nitrogens with one attached hydrogen (secondary N) is 1. The second-order valence-corrected chi connectivity index (χ2v) is 5.69. The minimum absolute atomic E-state index is 0.529. The molecule has 0 spiro atoms. The monoisotopic (exact) mass is 303 g/mol. The van der Waals surface area contributed by atoms with Gasteiger partial charge in [-0.2, -0.15) is 0 Å². The molecule has 0 radical (unpaired) electrons. The van der Waals surface area contributed by atoms with E-state index >= 15 is 0 Å². The quantitative estimate of drug-likeness (QED) is 0.793. The van der Waals surface area contributed by atoms with Crippen LogP contribution in [0.1, 0.15) is 31.4 Å². The summed E-state index contributed by atoms with van der Waals surface area (Å²) in [4.78, 5) is 0. The normalized spacial score (nSPS) is 12.1. The highest BCUT2D eigenvalue weighted by atomic mass is 35.5. The molecule has 2 nitrogen and oxygen atoms in total. The van der Waals surface area contributed by atoms with Crippen molar-refractivity contribution in [1.82, 2.24) is 5.32 Å². The lowest BCUT2D eigenvalue weighted by Gasteiger charge is -2.12. The Bertz CT molecular complexity index is 571. The molecule has 0 aromatic heterocycles. The van der Waals surface area contributed by atoms with Crippen molar-refractivity contribution in [3.63, 3.8) is 0 Å². The van der Waals surface area contributed by atoms with Crippen molar-refractivity contribution in [2.75, 3.05) is 0 Å². The van der Waals surface area contributed by atoms with Gasteiger partial charge in [-0.05, 0) is 48.7 Å². The summed E-state index contributed by atoms with van der Waals surface area (Å²) in [5.74, 6) is 0.887. The average Bonchev–Trinajstić information content (AvgIpc) is 2.51. The van der Waals surface area contributed by atoms with Crippen LogP contribution in [0.4, 0.5) is 0 Å². The topological polar surface area (TPSA) is 21.3 Å². The van der Waals surface area contributed by atoms with Crippen LogP contribution in [0.3, 0.4) is 0 Å². The lowest BCUT2D eigenvalue weighted by molar-refractivity contribution is 0.306. The zero-order valence-corrected chi connectivity index (χ0v) is 13.4. The van der Waals surface area contributed by atoms with Gasteiger partial charge in [0.25, 0.3) is 0 Å². The number of hydrogen-bond donors (Lipinski definition) is 1. The number of hydrogen-bond acceptors (Lipinski definition) is 2. The average molecular weight is 304 g/mol. The summed E-state index contributed by atoms with van der Waals surface area (Å²) in [6.45, 7) is 5.77. The maximum absolute atomic E-state index is 5.97. The van der Waals surface area contributed by atoms with Gasteiger partial charge in [0.2, 0.25) is 0 Å². The van der Waals surface area contributed by atoms with Crippen molar-refractivity contribution < 1.29 is 4.74 Å². The number of rotatable bonds is 7. The van der Waals surface area contributed by atoms with Crippen LogP contribution in [0.5, 0.6) is 5.75 Å². The first-order valence-corrected chi connectivity index (χ1v) is 7.74. The molecule has 0 aliphatic carbocycles. The molecule has 1 unspecified atom stereocenters. The van der Waals surface area contributed by atoms with Crippen LogP contribution in [-0.4, -0.2) is 6.04 Å².